The summed E-state index contributed by atoms with van der Waals surface area (Å²) in [5, 5.41) is 3.25. The monoisotopic (exact) mass is 175 g/mol. The van der Waals surface area contributed by atoms with Gasteiger partial charge in [-0.3, -0.25) is 0 Å². The number of likely N-dealkylation sites (N-methyl/N-ethyl adjacent to an activating group) is 1. The van der Waals surface area contributed by atoms with E-state index in [1.807, 2.05) is 14.0 Å². The number of rotatable bonds is 3. The van der Waals surface area contributed by atoms with E-state index in [1.54, 1.807) is 0 Å². The Morgan fingerprint density at radius 2 is 1.85 bits per heavy atom. The normalized spacial score (nSPS) is 13.5. The Morgan fingerprint density at radius 1 is 1.23 bits per heavy atom. The van der Waals surface area contributed by atoms with E-state index in [2.05, 4.69) is 48.7 Å². The van der Waals surface area contributed by atoms with Crippen molar-refractivity contribution in [3.05, 3.63) is 47.5 Å². The second-order valence-corrected chi connectivity index (χ2v) is 3.20. The Kier molecular flexibility index (Phi) is 3.71. The van der Waals surface area contributed by atoms with E-state index < -0.39 is 0 Å². The third-order valence-corrected chi connectivity index (χ3v) is 2.13. The summed E-state index contributed by atoms with van der Waals surface area (Å²) >= 11 is 0. The lowest BCUT2D eigenvalue weighted by atomic mass is 10.1. The van der Waals surface area contributed by atoms with Crippen molar-refractivity contribution in [3.63, 3.8) is 0 Å². The zero-order chi connectivity index (χ0) is 9.68. The fraction of sp³-hybridized carbons (Fsp3) is 0.333. The molecule has 1 aromatic carbocycles. The van der Waals surface area contributed by atoms with Crippen LogP contribution in [-0.4, -0.2) is 7.05 Å². The molecule has 0 bridgehead atoms. The fourth-order valence-corrected chi connectivity index (χ4v) is 1.34. The molecular formula is C12H17N. The third-order valence-electron chi connectivity index (χ3n) is 2.13. The van der Waals surface area contributed by atoms with Gasteiger partial charge >= 0.3 is 0 Å². The Labute approximate surface area is 80.5 Å². The molecule has 0 aliphatic rings. The average Bonchev–Trinajstić information content (AvgIpc) is 2.16. The van der Waals surface area contributed by atoms with E-state index in [0.717, 1.165) is 0 Å². The van der Waals surface area contributed by atoms with Crippen LogP contribution in [0.25, 0.3) is 0 Å². The lowest BCUT2D eigenvalue weighted by molar-refractivity contribution is 0.714. The second kappa shape index (κ2) is 4.83. The molecule has 0 saturated heterocycles. The Bertz CT molecular complexity index is 272. The van der Waals surface area contributed by atoms with E-state index in [9.17, 15) is 0 Å². The summed E-state index contributed by atoms with van der Waals surface area (Å²) < 4.78 is 0. The van der Waals surface area contributed by atoms with E-state index >= 15 is 0 Å². The highest BCUT2D eigenvalue weighted by Crippen LogP contribution is 2.14. The van der Waals surface area contributed by atoms with E-state index in [1.165, 1.54) is 11.1 Å². The largest absolute Gasteiger partial charge is 0.310 e. The Balaban J connectivity index is 2.85. The number of nitrogens with one attached hydrogen (secondary N) is 1. The first-order valence-corrected chi connectivity index (χ1v) is 4.64. The van der Waals surface area contributed by atoms with Crippen LogP contribution >= 0.6 is 0 Å². The van der Waals surface area contributed by atoms with Gasteiger partial charge in [0.1, 0.15) is 0 Å². The Hall–Kier alpha value is -1.08. The molecule has 0 radical (unpaired) electrons. The number of allylic oxidation sites excluding steroid dienone is 1. The molecule has 1 N–H and O–H groups in total. The summed E-state index contributed by atoms with van der Waals surface area (Å²) in [7, 11) is 1.98. The molecule has 13 heavy (non-hydrogen) atoms. The van der Waals surface area contributed by atoms with Crippen molar-refractivity contribution in [2.24, 2.45) is 0 Å². The van der Waals surface area contributed by atoms with E-state index in [0.29, 0.717) is 6.04 Å². The zero-order valence-electron chi connectivity index (χ0n) is 8.54. The molecule has 1 atom stereocenters. The minimum absolute atomic E-state index is 0.339. The maximum absolute atomic E-state index is 3.25. The summed E-state index contributed by atoms with van der Waals surface area (Å²) in [5.41, 5.74) is 2.62. The number of hydrogen-bond donors (Lipinski definition) is 1. The molecule has 1 nitrogen and oxygen atoms in total. The minimum Gasteiger partial charge on any atom is -0.310 e. The van der Waals surface area contributed by atoms with E-state index in [4.69, 9.17) is 0 Å². The molecule has 1 aromatic rings. The van der Waals surface area contributed by atoms with Gasteiger partial charge in [0.15, 0.2) is 0 Å². The summed E-state index contributed by atoms with van der Waals surface area (Å²) in [6.07, 6.45) is 4.23. The van der Waals surface area contributed by atoms with Crippen LogP contribution < -0.4 is 5.32 Å². The molecule has 0 aromatic heterocycles. The molecule has 0 amide bonds. The molecular weight excluding hydrogens is 158 g/mol. The zero-order valence-corrected chi connectivity index (χ0v) is 8.54. The quantitative estimate of drug-likeness (QED) is 0.696. The van der Waals surface area contributed by atoms with Gasteiger partial charge < -0.3 is 5.32 Å². The van der Waals surface area contributed by atoms with Crippen LogP contribution in [0.15, 0.2) is 36.4 Å². The molecule has 0 aliphatic carbocycles. The van der Waals surface area contributed by atoms with Gasteiger partial charge in [-0.25, -0.2) is 0 Å². The van der Waals surface area contributed by atoms with Crippen LogP contribution in [0.4, 0.5) is 0 Å². The van der Waals surface area contributed by atoms with Crippen molar-refractivity contribution in [1.29, 1.82) is 0 Å². The van der Waals surface area contributed by atoms with Crippen LogP contribution in [0.2, 0.25) is 0 Å². The SMILES string of the molecule is C/C=C\[C@H](NC)c1ccc(C)cc1. The van der Waals surface area contributed by atoms with Crippen LogP contribution in [0.5, 0.6) is 0 Å². The fourth-order valence-electron chi connectivity index (χ4n) is 1.34. The maximum Gasteiger partial charge on any atom is 0.0503 e. The summed E-state index contributed by atoms with van der Waals surface area (Å²) in [6, 6.07) is 8.95. The van der Waals surface area contributed by atoms with Crippen LogP contribution in [0.3, 0.4) is 0 Å². The molecule has 0 fully saturated rings. The van der Waals surface area contributed by atoms with Gasteiger partial charge in [-0.1, -0.05) is 42.0 Å². The lowest BCUT2D eigenvalue weighted by Gasteiger charge is -2.11. The van der Waals surface area contributed by atoms with Crippen molar-refractivity contribution in [2.45, 2.75) is 19.9 Å². The molecule has 1 rings (SSSR count). The summed E-state index contributed by atoms with van der Waals surface area (Å²) in [5.74, 6) is 0. The van der Waals surface area contributed by atoms with Crippen LogP contribution in [0, 0.1) is 6.92 Å². The highest BCUT2D eigenvalue weighted by Gasteiger charge is 2.02. The smallest absolute Gasteiger partial charge is 0.0503 e. The highest BCUT2D eigenvalue weighted by atomic mass is 14.9. The van der Waals surface area contributed by atoms with Gasteiger partial charge in [-0.05, 0) is 26.5 Å². The summed E-state index contributed by atoms with van der Waals surface area (Å²) in [6.45, 7) is 4.15. The van der Waals surface area contributed by atoms with Crippen molar-refractivity contribution < 1.29 is 0 Å². The Morgan fingerprint density at radius 3 is 2.31 bits per heavy atom. The van der Waals surface area contributed by atoms with Crippen molar-refractivity contribution in [3.8, 4) is 0 Å². The number of hydrogen-bond acceptors (Lipinski definition) is 1. The average molecular weight is 175 g/mol. The van der Waals surface area contributed by atoms with Gasteiger partial charge in [-0.2, -0.15) is 0 Å². The first kappa shape index (κ1) is 10.0. The standard InChI is InChI=1S/C12H17N/c1-4-5-12(13-3)11-8-6-10(2)7-9-11/h4-9,12-13H,1-3H3/b5-4-/t12-/m0/s1. The van der Waals surface area contributed by atoms with Crippen molar-refractivity contribution >= 4 is 0 Å². The predicted molar refractivity (Wildman–Crippen MR) is 57.8 cm³/mol. The van der Waals surface area contributed by atoms with E-state index in [-0.39, 0.29) is 0 Å². The topological polar surface area (TPSA) is 12.0 Å². The molecule has 70 valence electrons. The maximum atomic E-state index is 3.25. The number of aryl methyl sites for hydroxylation is 1. The molecule has 1 heteroatoms. The van der Waals surface area contributed by atoms with Gasteiger partial charge in [0.05, 0.1) is 6.04 Å². The van der Waals surface area contributed by atoms with Gasteiger partial charge in [0, 0.05) is 0 Å². The lowest BCUT2D eigenvalue weighted by Crippen LogP contribution is -2.13. The first-order chi connectivity index (χ1) is 6.27. The molecule has 0 heterocycles. The predicted octanol–water partition coefficient (Wildman–Crippen LogP) is 2.83. The summed E-state index contributed by atoms with van der Waals surface area (Å²) in [4.78, 5) is 0. The molecule has 0 aliphatic heterocycles. The second-order valence-electron chi connectivity index (χ2n) is 3.20. The number of benzene rings is 1. The van der Waals surface area contributed by atoms with Crippen LogP contribution in [-0.2, 0) is 0 Å². The van der Waals surface area contributed by atoms with Crippen molar-refractivity contribution in [1.82, 2.24) is 5.32 Å². The third kappa shape index (κ3) is 2.71. The highest BCUT2D eigenvalue weighted by molar-refractivity contribution is 5.26. The van der Waals surface area contributed by atoms with Gasteiger partial charge in [-0.15, -0.1) is 0 Å². The molecule has 0 saturated carbocycles. The molecule has 0 unspecified atom stereocenters. The first-order valence-electron chi connectivity index (χ1n) is 4.64. The van der Waals surface area contributed by atoms with Gasteiger partial charge in [0.25, 0.3) is 0 Å². The van der Waals surface area contributed by atoms with Gasteiger partial charge in [0.2, 0.25) is 0 Å². The van der Waals surface area contributed by atoms with Crippen molar-refractivity contribution in [2.75, 3.05) is 7.05 Å². The molecule has 0 spiro atoms. The minimum atomic E-state index is 0.339. The van der Waals surface area contributed by atoms with Crippen LogP contribution in [0.1, 0.15) is 24.1 Å².